The molecule has 0 aliphatic carbocycles. The number of carbonyl (C=O) groups excluding carboxylic acids is 1. The first-order valence-corrected chi connectivity index (χ1v) is 7.03. The summed E-state index contributed by atoms with van der Waals surface area (Å²) in [5.74, 6) is -0.146. The molecule has 0 rings (SSSR count). The molecule has 2 nitrogen and oxygen atoms in total. The van der Waals surface area contributed by atoms with Crippen molar-refractivity contribution in [3.63, 3.8) is 0 Å². The maximum absolute atomic E-state index is 11.5. The lowest BCUT2D eigenvalue weighted by atomic mass is 10.0. The molecular weight excluding hydrogens is 212 g/mol. The van der Waals surface area contributed by atoms with Crippen LogP contribution in [-0.2, 0) is 9.53 Å². The minimum absolute atomic E-state index is 0.146. The SMILES string of the molecule is CCCC=C(CCCCCCCC)C(=O)OC. The second-order valence-electron chi connectivity index (χ2n) is 4.53. The molecule has 0 spiro atoms. The normalized spacial score (nSPS) is 11.6. The van der Waals surface area contributed by atoms with Crippen LogP contribution in [0.3, 0.4) is 0 Å². The van der Waals surface area contributed by atoms with Gasteiger partial charge in [0.05, 0.1) is 7.11 Å². The van der Waals surface area contributed by atoms with E-state index in [1.165, 1.54) is 39.2 Å². The van der Waals surface area contributed by atoms with Crippen LogP contribution in [0.1, 0.15) is 71.6 Å². The smallest absolute Gasteiger partial charge is 0.333 e. The highest BCUT2D eigenvalue weighted by Crippen LogP contribution is 2.14. The summed E-state index contributed by atoms with van der Waals surface area (Å²) in [7, 11) is 1.46. The number of hydrogen-bond acceptors (Lipinski definition) is 2. The Hall–Kier alpha value is -0.790. The largest absolute Gasteiger partial charge is 0.466 e. The summed E-state index contributed by atoms with van der Waals surface area (Å²) in [6, 6.07) is 0. The van der Waals surface area contributed by atoms with E-state index in [4.69, 9.17) is 4.74 Å². The van der Waals surface area contributed by atoms with Gasteiger partial charge in [0.15, 0.2) is 0 Å². The molecule has 0 saturated heterocycles. The maximum atomic E-state index is 11.5. The predicted octanol–water partition coefficient (Wildman–Crippen LogP) is 4.64. The zero-order valence-corrected chi connectivity index (χ0v) is 11.8. The fraction of sp³-hybridized carbons (Fsp3) is 0.800. The Morgan fingerprint density at radius 1 is 1.00 bits per heavy atom. The van der Waals surface area contributed by atoms with Crippen LogP contribution in [0.25, 0.3) is 0 Å². The van der Waals surface area contributed by atoms with E-state index in [1.54, 1.807) is 0 Å². The summed E-state index contributed by atoms with van der Waals surface area (Å²) in [6.45, 7) is 4.35. The van der Waals surface area contributed by atoms with Crippen LogP contribution in [0.5, 0.6) is 0 Å². The van der Waals surface area contributed by atoms with Gasteiger partial charge in [-0.05, 0) is 19.3 Å². The average molecular weight is 240 g/mol. The summed E-state index contributed by atoms with van der Waals surface area (Å²) in [6.07, 6.45) is 12.5. The quantitative estimate of drug-likeness (QED) is 0.316. The number of rotatable bonds is 10. The van der Waals surface area contributed by atoms with E-state index in [-0.39, 0.29) is 5.97 Å². The highest BCUT2D eigenvalue weighted by molar-refractivity contribution is 5.88. The van der Waals surface area contributed by atoms with Crippen molar-refractivity contribution in [3.8, 4) is 0 Å². The van der Waals surface area contributed by atoms with Crippen molar-refractivity contribution in [3.05, 3.63) is 11.6 Å². The minimum atomic E-state index is -0.146. The van der Waals surface area contributed by atoms with Gasteiger partial charge in [0.1, 0.15) is 0 Å². The average Bonchev–Trinajstić information content (AvgIpc) is 2.36. The first-order valence-electron chi connectivity index (χ1n) is 7.03. The summed E-state index contributed by atoms with van der Waals surface area (Å²) in [5.41, 5.74) is 0.866. The standard InChI is InChI=1S/C15H28O2/c1-4-6-8-9-10-11-13-14(12-7-5-2)15(16)17-3/h12H,4-11,13H2,1-3H3. The van der Waals surface area contributed by atoms with Crippen molar-refractivity contribution >= 4 is 5.97 Å². The van der Waals surface area contributed by atoms with Gasteiger partial charge in [-0.15, -0.1) is 0 Å². The number of esters is 1. The van der Waals surface area contributed by atoms with Gasteiger partial charge in [-0.1, -0.05) is 58.4 Å². The molecule has 0 atom stereocenters. The lowest BCUT2D eigenvalue weighted by molar-refractivity contribution is -0.136. The van der Waals surface area contributed by atoms with E-state index in [0.717, 1.165) is 31.3 Å². The molecule has 0 aliphatic rings. The second-order valence-corrected chi connectivity index (χ2v) is 4.53. The van der Waals surface area contributed by atoms with E-state index < -0.39 is 0 Å². The van der Waals surface area contributed by atoms with Crippen molar-refractivity contribution in [2.75, 3.05) is 7.11 Å². The highest BCUT2D eigenvalue weighted by atomic mass is 16.5. The molecule has 0 amide bonds. The minimum Gasteiger partial charge on any atom is -0.466 e. The van der Waals surface area contributed by atoms with Gasteiger partial charge in [0, 0.05) is 5.57 Å². The molecule has 0 saturated carbocycles. The van der Waals surface area contributed by atoms with E-state index in [1.807, 2.05) is 6.08 Å². The Bertz CT molecular complexity index is 219. The summed E-state index contributed by atoms with van der Waals surface area (Å²) in [4.78, 5) is 11.5. The number of carbonyl (C=O) groups is 1. The summed E-state index contributed by atoms with van der Waals surface area (Å²) >= 11 is 0. The first-order chi connectivity index (χ1) is 8.26. The third-order valence-corrected chi connectivity index (χ3v) is 2.93. The van der Waals surface area contributed by atoms with Gasteiger partial charge in [0.25, 0.3) is 0 Å². The maximum Gasteiger partial charge on any atom is 0.333 e. The molecule has 0 aromatic rings. The number of hydrogen-bond donors (Lipinski definition) is 0. The van der Waals surface area contributed by atoms with Gasteiger partial charge in [-0.3, -0.25) is 0 Å². The van der Waals surface area contributed by atoms with Crippen molar-refractivity contribution in [1.82, 2.24) is 0 Å². The molecule has 0 aromatic carbocycles. The lowest BCUT2D eigenvalue weighted by Crippen LogP contribution is -2.05. The number of ether oxygens (including phenoxy) is 1. The molecular formula is C15H28O2. The number of methoxy groups -OCH3 is 1. The van der Waals surface area contributed by atoms with Crippen LogP contribution in [-0.4, -0.2) is 13.1 Å². The molecule has 0 heterocycles. The van der Waals surface area contributed by atoms with Gasteiger partial charge < -0.3 is 4.74 Å². The Morgan fingerprint density at radius 2 is 1.65 bits per heavy atom. The molecule has 0 aromatic heterocycles. The van der Waals surface area contributed by atoms with Gasteiger partial charge in [-0.2, -0.15) is 0 Å². The zero-order chi connectivity index (χ0) is 12.9. The molecule has 0 radical (unpaired) electrons. The molecule has 17 heavy (non-hydrogen) atoms. The van der Waals surface area contributed by atoms with E-state index in [2.05, 4.69) is 13.8 Å². The van der Waals surface area contributed by atoms with E-state index in [9.17, 15) is 4.79 Å². The van der Waals surface area contributed by atoms with E-state index in [0.29, 0.717) is 0 Å². The first kappa shape index (κ1) is 16.2. The topological polar surface area (TPSA) is 26.3 Å². The molecule has 0 unspecified atom stereocenters. The molecule has 100 valence electrons. The fourth-order valence-electron chi connectivity index (χ4n) is 1.83. The van der Waals surface area contributed by atoms with E-state index >= 15 is 0 Å². The van der Waals surface area contributed by atoms with Crippen LogP contribution >= 0.6 is 0 Å². The zero-order valence-electron chi connectivity index (χ0n) is 11.8. The lowest BCUT2D eigenvalue weighted by Gasteiger charge is -2.05. The highest BCUT2D eigenvalue weighted by Gasteiger charge is 2.08. The number of allylic oxidation sites excluding steroid dienone is 1. The molecule has 0 aliphatic heterocycles. The number of unbranched alkanes of at least 4 members (excludes halogenated alkanes) is 6. The van der Waals surface area contributed by atoms with Crippen molar-refractivity contribution in [2.45, 2.75) is 71.6 Å². The third kappa shape index (κ3) is 8.96. The Kier molecular flexibility index (Phi) is 11.1. The van der Waals surface area contributed by atoms with Crippen LogP contribution in [0.2, 0.25) is 0 Å². The summed E-state index contributed by atoms with van der Waals surface area (Å²) in [5, 5.41) is 0. The van der Waals surface area contributed by atoms with Crippen molar-refractivity contribution in [1.29, 1.82) is 0 Å². The Morgan fingerprint density at radius 3 is 2.24 bits per heavy atom. The second kappa shape index (κ2) is 11.7. The van der Waals surface area contributed by atoms with Gasteiger partial charge in [-0.25, -0.2) is 4.79 Å². The monoisotopic (exact) mass is 240 g/mol. The summed E-state index contributed by atoms with van der Waals surface area (Å²) < 4.78 is 4.80. The van der Waals surface area contributed by atoms with Gasteiger partial charge in [0.2, 0.25) is 0 Å². The van der Waals surface area contributed by atoms with Crippen LogP contribution < -0.4 is 0 Å². The van der Waals surface area contributed by atoms with Crippen molar-refractivity contribution < 1.29 is 9.53 Å². The van der Waals surface area contributed by atoms with Gasteiger partial charge >= 0.3 is 5.97 Å². The fourth-order valence-corrected chi connectivity index (χ4v) is 1.83. The van der Waals surface area contributed by atoms with Crippen LogP contribution in [0, 0.1) is 0 Å². The molecule has 0 fully saturated rings. The molecule has 0 N–H and O–H groups in total. The van der Waals surface area contributed by atoms with Crippen LogP contribution in [0.15, 0.2) is 11.6 Å². The predicted molar refractivity (Wildman–Crippen MR) is 73.0 cm³/mol. The third-order valence-electron chi connectivity index (χ3n) is 2.93. The Balaban J connectivity index is 3.80. The Labute approximate surface area is 106 Å². The molecule has 2 heteroatoms. The molecule has 0 bridgehead atoms. The van der Waals surface area contributed by atoms with Crippen molar-refractivity contribution in [2.24, 2.45) is 0 Å². The van der Waals surface area contributed by atoms with Crippen LogP contribution in [0.4, 0.5) is 0 Å².